The number of carbonyl (C=O) groups excluding carboxylic acids is 1. The number of thiol groups is 1. The van der Waals surface area contributed by atoms with Gasteiger partial charge in [-0.3, -0.25) is 14.7 Å². The maximum Gasteiger partial charge on any atom is 1.00 e. The molecule has 0 aromatic heterocycles. The van der Waals surface area contributed by atoms with Gasteiger partial charge in [-0.2, -0.15) is 12.6 Å². The van der Waals surface area contributed by atoms with Crippen LogP contribution >= 0.6 is 12.6 Å². The number of ether oxygens (including phenoxy) is 1. The maximum absolute atomic E-state index is 13.2. The van der Waals surface area contributed by atoms with E-state index in [0.29, 0.717) is 4.90 Å². The molecule has 13 nitrogen and oxygen atoms in total. The van der Waals surface area contributed by atoms with E-state index in [1.165, 1.54) is 35.8 Å². The molecule has 0 radical (unpaired) electrons. The zero-order valence-corrected chi connectivity index (χ0v) is 72.6. The minimum Gasteiger partial charge on any atom is -1.00 e. The van der Waals surface area contributed by atoms with E-state index in [-0.39, 0.29) is 98.5 Å². The zero-order valence-electron chi connectivity index (χ0n) is 68.1. The van der Waals surface area contributed by atoms with Gasteiger partial charge in [0.15, 0.2) is 29.5 Å². The number of nitrogens with zero attached hydrogens (tertiary/aromatic N) is 3. The molecule has 0 bridgehead atoms. The van der Waals surface area contributed by atoms with E-state index in [9.17, 15) is 40.3 Å². The second-order valence-corrected chi connectivity index (χ2v) is 35.1. The van der Waals surface area contributed by atoms with Gasteiger partial charge < -0.3 is 21.2 Å². The quantitative estimate of drug-likeness (QED) is 0.0253. The van der Waals surface area contributed by atoms with Crippen LogP contribution in [-0.2, 0) is 55.7 Å². The van der Waals surface area contributed by atoms with Crippen LogP contribution in [-0.4, -0.2) is 144 Å². The molecular formula is C98H106KN3O10S4. The number of aliphatic hydroxyl groups is 2. The van der Waals surface area contributed by atoms with Crippen molar-refractivity contribution in [2.24, 2.45) is 0 Å². The van der Waals surface area contributed by atoms with Crippen molar-refractivity contribution in [3.8, 4) is 0 Å². The Hall–Kier alpha value is -8.09. The number of hydrogen-bond acceptors (Lipinski definition) is 14. The molecule has 0 unspecified atom stereocenters. The number of carbonyl (C=O) groups is 1. The first-order chi connectivity index (χ1) is 56.5. The molecule has 12 aromatic carbocycles. The van der Waals surface area contributed by atoms with Crippen molar-refractivity contribution < 1.29 is 99.2 Å². The van der Waals surface area contributed by atoms with Crippen molar-refractivity contribution in [1.82, 2.24) is 14.7 Å². The molecule has 4 aliphatic heterocycles. The predicted molar refractivity (Wildman–Crippen MR) is 468 cm³/mol. The second-order valence-electron chi connectivity index (χ2n) is 29.0. The van der Waals surface area contributed by atoms with E-state index in [2.05, 4.69) is 173 Å². The van der Waals surface area contributed by atoms with Gasteiger partial charge in [0.25, 0.3) is 0 Å². The van der Waals surface area contributed by atoms with E-state index in [1.807, 2.05) is 127 Å². The molecule has 0 amide bonds. The number of sulfone groups is 3. The Kier molecular flexibility index (Phi) is 33.7. The number of aliphatic hydroxyl groups excluding tert-OH is 2. The fourth-order valence-electron chi connectivity index (χ4n) is 17.0. The predicted octanol–water partition coefficient (Wildman–Crippen LogP) is 14.7. The Balaban J connectivity index is 0.000000182. The normalized spacial score (nSPS) is 17.1. The summed E-state index contributed by atoms with van der Waals surface area (Å²) in [5, 5.41) is 23.0. The zero-order chi connectivity index (χ0) is 81.7. The maximum atomic E-state index is 13.2. The van der Waals surface area contributed by atoms with Crippen LogP contribution in [0.25, 0.3) is 0 Å². The molecule has 4 heterocycles. The SMILES string of the molecule is C1CCOC1.CS(=O)(=O)c1ccccc1.O=C[C@@H]1CCCN1C(c1ccccc1)(c1ccccc1)c1ccccc1.O=S(=O)(C[C@@H](O)[C@@H]1CCCN1C(c1ccccc1)(c1ccccc1)c1ccccc1)c1ccccc1.O=S(=O)(C[C@H](O)[C@@H]1CCCN1C(c1ccccc1)(c1ccccc1)c1ccccc1)c1ccccc1.[2H]CS.[H-].[K+]. The monoisotopic (exact) mass is 1650 g/mol. The van der Waals surface area contributed by atoms with Gasteiger partial charge in [0, 0.05) is 52.6 Å². The van der Waals surface area contributed by atoms with Crippen LogP contribution in [0.3, 0.4) is 0 Å². The van der Waals surface area contributed by atoms with Gasteiger partial charge in [0.1, 0.15) is 6.29 Å². The van der Waals surface area contributed by atoms with Gasteiger partial charge in [-0.05, 0) is 144 Å². The Morgan fingerprint density at radius 1 is 0.371 bits per heavy atom. The summed E-state index contributed by atoms with van der Waals surface area (Å²) in [4.78, 5) is 19.8. The number of hydrogen-bond donors (Lipinski definition) is 3. The molecule has 0 saturated carbocycles. The van der Waals surface area contributed by atoms with E-state index in [4.69, 9.17) is 6.11 Å². The van der Waals surface area contributed by atoms with Crippen LogP contribution in [0.4, 0.5) is 0 Å². The Morgan fingerprint density at radius 2 is 0.578 bits per heavy atom. The fraction of sp³-hybridized carbons (Fsp3) is 0.255. The van der Waals surface area contributed by atoms with Crippen molar-refractivity contribution >= 4 is 48.4 Å². The first kappa shape index (κ1) is 88.7. The Labute approximate surface area is 739 Å². The van der Waals surface area contributed by atoms with Gasteiger partial charge >= 0.3 is 51.4 Å². The molecule has 4 aliphatic rings. The third-order valence-electron chi connectivity index (χ3n) is 21.9. The molecule has 4 saturated heterocycles. The summed E-state index contributed by atoms with van der Waals surface area (Å²) in [6.07, 6.45) is 8.15. The average molecular weight is 1650 g/mol. The molecule has 18 heteroatoms. The van der Waals surface area contributed by atoms with Gasteiger partial charge in [-0.15, -0.1) is 0 Å². The number of benzene rings is 12. The molecular weight excluding hydrogens is 1550 g/mol. The average Bonchev–Trinajstić information content (AvgIpc) is 1.31. The Bertz CT molecular complexity index is 4730. The second kappa shape index (κ2) is 44.1. The van der Waals surface area contributed by atoms with E-state index < -0.39 is 58.3 Å². The summed E-state index contributed by atoms with van der Waals surface area (Å²) in [5.74, 6) is -0.626. The first-order valence-electron chi connectivity index (χ1n) is 40.1. The standard InChI is InChI=1S/2C31H31NO3S.C24H23NO.C7H8O2S.C4H8O.CH4S.K.H/c2*33-30(24-36(34,35)28-20-11-4-12-21-28)29-22-13-23-32(29)31(25-14-5-1-6-15-25,26-16-7-2-8-17-26)27-18-9-3-10-19-27;26-19-23-17-10-18-25(23)24(20-11-4-1-5-12-20,21-13-6-2-7-14-21)22-15-8-3-9-16-22;1-10(8,9)7-5-3-2-4-6-7;1-2-4-5-3-1;1-2;;/h2*1-12,14-21,29-30,33H,13,22-24H2;1-9,11-16,19,23H,10,17-18H2;2-6H,1H3;1-4H2;2H,1H3;;/q;;;;;;+1;-1/t29-,30+;29-,30-;23-;;;;;/m000...../s1/i;;;;;1D;;. The fourth-order valence-corrected chi connectivity index (χ4v) is 20.5. The summed E-state index contributed by atoms with van der Waals surface area (Å²) in [7, 11) is -10.3. The molecule has 12 aromatic rings. The molecule has 116 heavy (non-hydrogen) atoms. The topological polar surface area (TPSA) is 179 Å². The molecule has 0 spiro atoms. The number of likely N-dealkylation sites (tertiary alicyclic amines) is 3. The van der Waals surface area contributed by atoms with Crippen LogP contribution in [0.15, 0.2) is 379 Å². The van der Waals surface area contributed by atoms with Crippen molar-refractivity contribution in [1.29, 1.82) is 0 Å². The smallest absolute Gasteiger partial charge is 1.00 e. The summed E-state index contributed by atoms with van der Waals surface area (Å²) < 4.78 is 85.4. The third kappa shape index (κ3) is 21.5. The molecule has 0 aliphatic carbocycles. The van der Waals surface area contributed by atoms with Crippen LogP contribution in [0.1, 0.15) is 104 Å². The van der Waals surface area contributed by atoms with Gasteiger partial charge in [0.05, 0.1) is 61.1 Å². The Morgan fingerprint density at radius 3 is 0.784 bits per heavy atom. The molecule has 2 N–H and O–H groups in total. The van der Waals surface area contributed by atoms with Crippen molar-refractivity contribution in [2.45, 2.75) is 113 Å². The van der Waals surface area contributed by atoms with Crippen molar-refractivity contribution in [3.63, 3.8) is 0 Å². The summed E-state index contributed by atoms with van der Waals surface area (Å²) in [6, 6.07) is 118. The minimum atomic E-state index is -3.64. The third-order valence-corrected chi connectivity index (χ3v) is 26.6. The van der Waals surface area contributed by atoms with Crippen LogP contribution < -0.4 is 51.4 Å². The van der Waals surface area contributed by atoms with E-state index >= 15 is 0 Å². The number of aldehydes is 1. The van der Waals surface area contributed by atoms with E-state index in [1.54, 1.807) is 91.0 Å². The summed E-state index contributed by atoms with van der Waals surface area (Å²) in [6.45, 7) is 4.39. The molecule has 5 atom stereocenters. The van der Waals surface area contributed by atoms with Crippen molar-refractivity contribution in [3.05, 3.63) is 414 Å². The van der Waals surface area contributed by atoms with Gasteiger partial charge in [0.2, 0.25) is 0 Å². The minimum absolute atomic E-state index is 0. The number of rotatable bonds is 22. The van der Waals surface area contributed by atoms with Crippen molar-refractivity contribution in [2.75, 3.05) is 56.8 Å². The van der Waals surface area contributed by atoms with Gasteiger partial charge in [-0.1, -0.05) is 328 Å². The summed E-state index contributed by atoms with van der Waals surface area (Å²) in [5.41, 5.74) is 8.32. The van der Waals surface area contributed by atoms with Crippen LogP contribution in [0.5, 0.6) is 0 Å². The molecule has 16 rings (SSSR count). The van der Waals surface area contributed by atoms with Crippen LogP contribution in [0, 0.1) is 0 Å². The largest absolute Gasteiger partial charge is 1.00 e. The van der Waals surface area contributed by atoms with Crippen LogP contribution in [0.2, 0.25) is 0 Å². The van der Waals surface area contributed by atoms with E-state index in [0.717, 1.165) is 111 Å². The van der Waals surface area contributed by atoms with Gasteiger partial charge in [-0.25, -0.2) is 25.3 Å². The molecule has 598 valence electrons. The first-order valence-corrected chi connectivity index (χ1v) is 45.2. The summed E-state index contributed by atoms with van der Waals surface area (Å²) >= 11 is 3.46. The molecule has 4 fully saturated rings.